The number of hydrogen-bond acceptors (Lipinski definition) is 4. The van der Waals surface area contributed by atoms with Gasteiger partial charge in [0, 0.05) is 12.0 Å². The molecule has 1 unspecified atom stereocenters. The molecule has 23 heavy (non-hydrogen) atoms. The molecule has 1 atom stereocenters. The molecule has 124 valence electrons. The van der Waals surface area contributed by atoms with E-state index >= 15 is 0 Å². The SMILES string of the molecule is CCC(C)C(=O)N(Cc1nnc(-c2ccccc2Cl)o1)C(C)C. The van der Waals surface area contributed by atoms with Crippen LogP contribution >= 0.6 is 11.6 Å². The lowest BCUT2D eigenvalue weighted by atomic mass is 10.1. The summed E-state index contributed by atoms with van der Waals surface area (Å²) in [4.78, 5) is 14.2. The van der Waals surface area contributed by atoms with E-state index in [1.807, 2.05) is 45.9 Å². The summed E-state index contributed by atoms with van der Waals surface area (Å²) in [6.07, 6.45) is 0.802. The van der Waals surface area contributed by atoms with Crippen molar-refractivity contribution in [3.63, 3.8) is 0 Å². The van der Waals surface area contributed by atoms with E-state index < -0.39 is 0 Å². The van der Waals surface area contributed by atoms with Crippen LogP contribution in [0.2, 0.25) is 5.02 Å². The van der Waals surface area contributed by atoms with Gasteiger partial charge >= 0.3 is 0 Å². The smallest absolute Gasteiger partial charge is 0.249 e. The summed E-state index contributed by atoms with van der Waals surface area (Å²) in [6.45, 7) is 8.19. The molecular weight excluding hydrogens is 314 g/mol. The Morgan fingerprint density at radius 3 is 2.57 bits per heavy atom. The van der Waals surface area contributed by atoms with Gasteiger partial charge in [0.05, 0.1) is 17.1 Å². The van der Waals surface area contributed by atoms with Crippen LogP contribution < -0.4 is 0 Å². The molecule has 1 aromatic carbocycles. The van der Waals surface area contributed by atoms with Crippen molar-refractivity contribution in [1.82, 2.24) is 15.1 Å². The van der Waals surface area contributed by atoms with Crippen LogP contribution in [0.15, 0.2) is 28.7 Å². The van der Waals surface area contributed by atoms with Gasteiger partial charge < -0.3 is 9.32 Å². The van der Waals surface area contributed by atoms with Crippen molar-refractivity contribution in [2.24, 2.45) is 5.92 Å². The summed E-state index contributed by atoms with van der Waals surface area (Å²) in [5.74, 6) is 0.846. The molecule has 1 aromatic heterocycles. The molecule has 0 saturated heterocycles. The number of aromatic nitrogens is 2. The first-order chi connectivity index (χ1) is 10.9. The number of hydrogen-bond donors (Lipinski definition) is 0. The maximum Gasteiger partial charge on any atom is 0.249 e. The molecule has 0 aliphatic rings. The maximum atomic E-state index is 12.5. The molecule has 0 spiro atoms. The second-order valence-corrected chi connectivity index (χ2v) is 6.26. The predicted molar refractivity (Wildman–Crippen MR) is 89.9 cm³/mol. The van der Waals surface area contributed by atoms with Gasteiger partial charge in [0.2, 0.25) is 17.7 Å². The van der Waals surface area contributed by atoms with Gasteiger partial charge in [-0.05, 0) is 32.4 Å². The number of carbonyl (C=O) groups excluding carboxylic acids is 1. The molecule has 0 aliphatic carbocycles. The zero-order valence-corrected chi connectivity index (χ0v) is 14.7. The first-order valence-electron chi connectivity index (χ1n) is 7.81. The third-order valence-electron chi connectivity index (χ3n) is 3.82. The fourth-order valence-electron chi connectivity index (χ4n) is 2.18. The minimum absolute atomic E-state index is 0.0247. The van der Waals surface area contributed by atoms with Gasteiger partial charge in [0.1, 0.15) is 0 Å². The lowest BCUT2D eigenvalue weighted by molar-refractivity contribution is -0.137. The van der Waals surface area contributed by atoms with Crippen LogP contribution in [-0.4, -0.2) is 27.0 Å². The van der Waals surface area contributed by atoms with E-state index in [0.717, 1.165) is 6.42 Å². The van der Waals surface area contributed by atoms with Gasteiger partial charge in [-0.15, -0.1) is 10.2 Å². The highest BCUT2D eigenvalue weighted by atomic mass is 35.5. The summed E-state index contributed by atoms with van der Waals surface area (Å²) < 4.78 is 5.69. The Bertz CT molecular complexity index is 669. The highest BCUT2D eigenvalue weighted by molar-refractivity contribution is 6.33. The summed E-state index contributed by atoms with van der Waals surface area (Å²) in [7, 11) is 0. The topological polar surface area (TPSA) is 59.2 Å². The Balaban J connectivity index is 2.19. The lowest BCUT2D eigenvalue weighted by Crippen LogP contribution is -2.39. The van der Waals surface area contributed by atoms with Crippen molar-refractivity contribution < 1.29 is 9.21 Å². The minimum atomic E-state index is -0.0247. The van der Waals surface area contributed by atoms with Crippen LogP contribution in [0.1, 0.15) is 40.0 Å². The maximum absolute atomic E-state index is 12.5. The second kappa shape index (κ2) is 7.59. The number of rotatable bonds is 6. The molecule has 1 amide bonds. The largest absolute Gasteiger partial charge is 0.419 e. The molecule has 0 radical (unpaired) electrons. The Labute approximate surface area is 141 Å². The highest BCUT2D eigenvalue weighted by Crippen LogP contribution is 2.26. The molecule has 0 bridgehead atoms. The minimum Gasteiger partial charge on any atom is -0.419 e. The van der Waals surface area contributed by atoms with Gasteiger partial charge in [-0.25, -0.2) is 0 Å². The van der Waals surface area contributed by atoms with Crippen LogP contribution in [0.4, 0.5) is 0 Å². The molecule has 1 heterocycles. The standard InChI is InChI=1S/C17H22ClN3O2/c1-5-12(4)17(22)21(11(2)3)10-15-19-20-16(23-15)13-8-6-7-9-14(13)18/h6-9,11-12H,5,10H2,1-4H3. The molecule has 2 rings (SSSR count). The first kappa shape index (κ1) is 17.5. The quantitative estimate of drug-likeness (QED) is 0.794. The third-order valence-corrected chi connectivity index (χ3v) is 4.15. The van der Waals surface area contributed by atoms with Crippen LogP contribution in [0.25, 0.3) is 11.5 Å². The zero-order chi connectivity index (χ0) is 17.0. The van der Waals surface area contributed by atoms with E-state index in [4.69, 9.17) is 16.0 Å². The average molecular weight is 336 g/mol. The van der Waals surface area contributed by atoms with Crippen molar-refractivity contribution in [2.45, 2.75) is 46.7 Å². The second-order valence-electron chi connectivity index (χ2n) is 5.85. The summed E-state index contributed by atoms with van der Waals surface area (Å²) >= 11 is 6.14. The van der Waals surface area contributed by atoms with E-state index in [1.54, 1.807) is 11.0 Å². The molecule has 2 aromatic rings. The van der Waals surface area contributed by atoms with E-state index in [2.05, 4.69) is 10.2 Å². The fourth-order valence-corrected chi connectivity index (χ4v) is 2.40. The number of carbonyl (C=O) groups is 1. The number of amides is 1. The monoisotopic (exact) mass is 335 g/mol. The number of nitrogens with zero attached hydrogens (tertiary/aromatic N) is 3. The van der Waals surface area contributed by atoms with Crippen LogP contribution in [-0.2, 0) is 11.3 Å². The van der Waals surface area contributed by atoms with Crippen molar-refractivity contribution in [1.29, 1.82) is 0 Å². The zero-order valence-electron chi connectivity index (χ0n) is 13.9. The van der Waals surface area contributed by atoms with E-state index in [-0.39, 0.29) is 17.9 Å². The lowest BCUT2D eigenvalue weighted by Gasteiger charge is -2.27. The molecular formula is C17H22ClN3O2. The molecule has 0 N–H and O–H groups in total. The summed E-state index contributed by atoms with van der Waals surface area (Å²) in [5, 5.41) is 8.65. The van der Waals surface area contributed by atoms with Gasteiger partial charge in [-0.2, -0.15) is 0 Å². The van der Waals surface area contributed by atoms with Gasteiger partial charge in [-0.3, -0.25) is 4.79 Å². The Hall–Kier alpha value is -1.88. The third kappa shape index (κ3) is 4.10. The average Bonchev–Trinajstić information content (AvgIpc) is 2.99. The van der Waals surface area contributed by atoms with E-state index in [1.165, 1.54) is 0 Å². The highest BCUT2D eigenvalue weighted by Gasteiger charge is 2.24. The van der Waals surface area contributed by atoms with Gasteiger partial charge in [0.15, 0.2) is 0 Å². The predicted octanol–water partition coefficient (Wildman–Crippen LogP) is 4.17. The fraction of sp³-hybridized carbons (Fsp3) is 0.471. The van der Waals surface area contributed by atoms with Crippen molar-refractivity contribution in [3.05, 3.63) is 35.2 Å². The Morgan fingerprint density at radius 2 is 1.96 bits per heavy atom. The van der Waals surface area contributed by atoms with E-state index in [9.17, 15) is 4.79 Å². The Kier molecular flexibility index (Phi) is 5.77. The normalized spacial score (nSPS) is 12.4. The number of halogens is 1. The molecule has 0 saturated carbocycles. The van der Waals surface area contributed by atoms with E-state index in [0.29, 0.717) is 28.9 Å². The van der Waals surface area contributed by atoms with Crippen LogP contribution in [0, 0.1) is 5.92 Å². The molecule has 0 aliphatic heterocycles. The Morgan fingerprint density at radius 1 is 1.26 bits per heavy atom. The molecule has 5 nitrogen and oxygen atoms in total. The van der Waals surface area contributed by atoms with Crippen molar-refractivity contribution in [3.8, 4) is 11.5 Å². The van der Waals surface area contributed by atoms with Crippen LogP contribution in [0.5, 0.6) is 0 Å². The summed E-state index contributed by atoms with van der Waals surface area (Å²) in [6, 6.07) is 7.36. The van der Waals surface area contributed by atoms with Gasteiger partial charge in [-0.1, -0.05) is 37.6 Å². The first-order valence-corrected chi connectivity index (χ1v) is 8.19. The molecule has 6 heteroatoms. The molecule has 0 fully saturated rings. The van der Waals surface area contributed by atoms with Crippen molar-refractivity contribution >= 4 is 17.5 Å². The summed E-state index contributed by atoms with van der Waals surface area (Å²) in [5.41, 5.74) is 0.692. The van der Waals surface area contributed by atoms with Crippen molar-refractivity contribution in [2.75, 3.05) is 0 Å². The number of benzene rings is 1. The van der Waals surface area contributed by atoms with Crippen LogP contribution in [0.3, 0.4) is 0 Å². The van der Waals surface area contributed by atoms with Gasteiger partial charge in [0.25, 0.3) is 0 Å².